The van der Waals surface area contributed by atoms with Crippen LogP contribution >= 0.6 is 0 Å². The minimum Gasteiger partial charge on any atom is -0.497 e. The summed E-state index contributed by atoms with van der Waals surface area (Å²) < 4.78 is 9.84. The molecule has 6 nitrogen and oxygen atoms in total. The number of ether oxygens (including phenoxy) is 2. The number of carboxylic acids is 1. The monoisotopic (exact) mass is 467 g/mol. The molecule has 0 radical (unpaired) electrons. The highest BCUT2D eigenvalue weighted by Gasteiger charge is 2.32. The van der Waals surface area contributed by atoms with Crippen molar-refractivity contribution in [2.24, 2.45) is 5.92 Å². The quantitative estimate of drug-likeness (QED) is 0.345. The average molecular weight is 468 g/mol. The first kappa shape index (κ1) is 28.7. The fourth-order valence-electron chi connectivity index (χ4n) is 3.75. The van der Waals surface area contributed by atoms with Gasteiger partial charge in [-0.3, -0.25) is 0 Å². The summed E-state index contributed by atoms with van der Waals surface area (Å²) in [5.74, 6) is 0.142. The van der Waals surface area contributed by atoms with E-state index in [9.17, 15) is 9.90 Å². The molecule has 184 valence electrons. The van der Waals surface area contributed by atoms with Crippen molar-refractivity contribution in [2.75, 3.05) is 26.1 Å². The summed E-state index contributed by atoms with van der Waals surface area (Å²) in [6.45, 7) is 12.0. The smallest absolute Gasteiger partial charge is 0.335 e. The van der Waals surface area contributed by atoms with Gasteiger partial charge in [0.2, 0.25) is 0 Å². The van der Waals surface area contributed by atoms with E-state index in [1.807, 2.05) is 18.2 Å². The molecule has 0 amide bonds. The van der Waals surface area contributed by atoms with Gasteiger partial charge in [0.05, 0.1) is 25.3 Å². The van der Waals surface area contributed by atoms with Crippen LogP contribution in [-0.4, -0.2) is 38.2 Å². The molecule has 0 aromatic heterocycles. The molecule has 0 saturated carbocycles. The molecule has 2 aromatic rings. The van der Waals surface area contributed by atoms with Gasteiger partial charge in [0.1, 0.15) is 12.0 Å². The lowest BCUT2D eigenvalue weighted by Gasteiger charge is -2.37. The van der Waals surface area contributed by atoms with Gasteiger partial charge < -0.3 is 24.7 Å². The van der Waals surface area contributed by atoms with Gasteiger partial charge in [-0.05, 0) is 54.8 Å². The highest BCUT2D eigenvalue weighted by atomic mass is 16.5. The number of unbranched alkanes of at least 4 members (excludes halogenated alkanes) is 1. The Morgan fingerprint density at radius 1 is 1.18 bits per heavy atom. The molecule has 0 bridgehead atoms. The van der Waals surface area contributed by atoms with Gasteiger partial charge in [0.15, 0.2) is 0 Å². The predicted octanol–water partition coefficient (Wildman–Crippen LogP) is 6.40. The van der Waals surface area contributed by atoms with Crippen LogP contribution < -0.4 is 10.1 Å². The van der Waals surface area contributed by atoms with Gasteiger partial charge in [0.25, 0.3) is 0 Å². The number of methoxy groups -OCH3 is 2. The minimum absolute atomic E-state index is 0.114. The van der Waals surface area contributed by atoms with E-state index in [0.29, 0.717) is 12.2 Å². The molecule has 0 spiro atoms. The molecule has 0 saturated heterocycles. The number of benzene rings is 2. The molecule has 34 heavy (non-hydrogen) atoms. The molecule has 2 unspecified atom stereocenters. The third-order valence-corrected chi connectivity index (χ3v) is 5.40. The van der Waals surface area contributed by atoms with Crippen molar-refractivity contribution in [1.82, 2.24) is 0 Å². The Morgan fingerprint density at radius 3 is 2.29 bits per heavy atom. The molecule has 0 fully saturated rings. The Hall–Kier alpha value is -3.38. The lowest BCUT2D eigenvalue weighted by Crippen LogP contribution is -2.27. The average Bonchev–Trinajstić information content (AvgIpc) is 2.84. The molecule has 1 aliphatic rings. The SMILES string of the molecule is C=C1c2cc(C(=O)O)ccc2NC(c2ccc(OC)cc2)C1CCCC.C=CCOC.CC=O. The molecular weight excluding hydrogens is 430 g/mol. The summed E-state index contributed by atoms with van der Waals surface area (Å²) in [6, 6.07) is 13.4. The van der Waals surface area contributed by atoms with Crippen molar-refractivity contribution in [2.45, 2.75) is 39.2 Å². The Labute approximate surface area is 203 Å². The summed E-state index contributed by atoms with van der Waals surface area (Å²) in [5, 5.41) is 12.9. The van der Waals surface area contributed by atoms with Crippen LogP contribution in [0.15, 0.2) is 61.7 Å². The van der Waals surface area contributed by atoms with E-state index in [-0.39, 0.29) is 12.0 Å². The fourth-order valence-corrected chi connectivity index (χ4v) is 3.75. The first-order chi connectivity index (χ1) is 16.4. The molecule has 3 rings (SSSR count). The second kappa shape index (κ2) is 15.5. The highest BCUT2D eigenvalue weighted by molar-refractivity contribution is 5.91. The number of nitrogens with one attached hydrogen (secondary N) is 1. The Balaban J connectivity index is 0.000000629. The largest absolute Gasteiger partial charge is 0.497 e. The van der Waals surface area contributed by atoms with Gasteiger partial charge in [-0.2, -0.15) is 0 Å². The Morgan fingerprint density at radius 2 is 1.82 bits per heavy atom. The highest BCUT2D eigenvalue weighted by Crippen LogP contribution is 2.45. The van der Waals surface area contributed by atoms with E-state index in [0.717, 1.165) is 48.1 Å². The molecule has 2 atom stereocenters. The Bertz CT molecular complexity index is 936. The summed E-state index contributed by atoms with van der Waals surface area (Å²) in [6.07, 6.45) is 5.68. The standard InChI is InChI=1S/C22H25NO3.C4H8O.C2H4O/c1-4-5-6-18-14(2)19-13-16(22(24)25)9-12-20(19)23-21(18)15-7-10-17(26-3)11-8-15;1-3-4-5-2;1-2-3/h7-13,18,21,23H,2,4-6H2,1,3H3,(H,24,25);3H,1,4H2,2H3;2H,1H3. The van der Waals surface area contributed by atoms with Crippen LogP contribution in [0.2, 0.25) is 0 Å². The summed E-state index contributed by atoms with van der Waals surface area (Å²) >= 11 is 0. The van der Waals surface area contributed by atoms with Crippen molar-refractivity contribution in [3.63, 3.8) is 0 Å². The number of anilines is 1. The molecule has 0 aliphatic carbocycles. The van der Waals surface area contributed by atoms with Crippen LogP contribution in [-0.2, 0) is 9.53 Å². The van der Waals surface area contributed by atoms with Gasteiger partial charge in [0, 0.05) is 24.3 Å². The number of carbonyl (C=O) groups excluding carboxylic acids is 1. The van der Waals surface area contributed by atoms with Crippen LogP contribution in [0, 0.1) is 5.92 Å². The minimum atomic E-state index is -0.914. The fraction of sp³-hybridized carbons (Fsp3) is 0.357. The van der Waals surface area contributed by atoms with E-state index < -0.39 is 5.97 Å². The van der Waals surface area contributed by atoms with E-state index >= 15 is 0 Å². The van der Waals surface area contributed by atoms with Crippen molar-refractivity contribution < 1.29 is 24.2 Å². The van der Waals surface area contributed by atoms with Crippen LogP contribution in [0.1, 0.15) is 60.6 Å². The molecule has 6 heteroatoms. The van der Waals surface area contributed by atoms with E-state index in [4.69, 9.17) is 9.53 Å². The van der Waals surface area contributed by atoms with E-state index in [2.05, 4.69) is 42.3 Å². The number of hydrogen-bond acceptors (Lipinski definition) is 5. The normalized spacial score (nSPS) is 15.8. The third-order valence-electron chi connectivity index (χ3n) is 5.40. The summed E-state index contributed by atoms with van der Waals surface area (Å²) in [4.78, 5) is 20.1. The lowest BCUT2D eigenvalue weighted by atomic mass is 9.77. The zero-order valence-corrected chi connectivity index (χ0v) is 20.7. The van der Waals surface area contributed by atoms with Gasteiger partial charge in [-0.25, -0.2) is 4.79 Å². The molecule has 2 aromatic carbocycles. The number of carbonyl (C=O) groups is 2. The summed E-state index contributed by atoms with van der Waals surface area (Å²) in [7, 11) is 3.30. The van der Waals surface area contributed by atoms with Crippen molar-refractivity contribution in [3.8, 4) is 5.75 Å². The van der Waals surface area contributed by atoms with Crippen LogP contribution in [0.5, 0.6) is 5.75 Å². The molecular formula is C28H37NO5. The number of carboxylic acid groups (broad SMARTS) is 1. The molecule has 1 aliphatic heterocycles. The van der Waals surface area contributed by atoms with Crippen molar-refractivity contribution >= 4 is 23.5 Å². The van der Waals surface area contributed by atoms with Gasteiger partial charge in [-0.15, -0.1) is 6.58 Å². The zero-order valence-electron chi connectivity index (χ0n) is 20.7. The van der Waals surface area contributed by atoms with Crippen LogP contribution in [0.4, 0.5) is 5.69 Å². The Kier molecular flexibility index (Phi) is 13.0. The maximum Gasteiger partial charge on any atom is 0.335 e. The summed E-state index contributed by atoms with van der Waals surface area (Å²) in [5.41, 5.74) is 4.34. The van der Waals surface area contributed by atoms with Crippen LogP contribution in [0.3, 0.4) is 0 Å². The number of fused-ring (bicyclic) bond motifs is 1. The van der Waals surface area contributed by atoms with Crippen LogP contribution in [0.25, 0.3) is 5.57 Å². The third kappa shape index (κ3) is 8.19. The lowest BCUT2D eigenvalue weighted by molar-refractivity contribution is -0.106. The maximum absolute atomic E-state index is 11.3. The number of aldehydes is 1. The second-order valence-electron chi connectivity index (χ2n) is 7.71. The van der Waals surface area contributed by atoms with Crippen molar-refractivity contribution in [3.05, 3.63) is 78.4 Å². The number of hydrogen-bond donors (Lipinski definition) is 2. The zero-order chi connectivity index (χ0) is 25.5. The topological polar surface area (TPSA) is 84.9 Å². The van der Waals surface area contributed by atoms with E-state index in [1.54, 1.807) is 32.4 Å². The maximum atomic E-state index is 11.3. The number of aromatic carboxylic acids is 1. The molecule has 2 N–H and O–H groups in total. The van der Waals surface area contributed by atoms with E-state index in [1.165, 1.54) is 12.5 Å². The first-order valence-corrected chi connectivity index (χ1v) is 11.3. The van der Waals surface area contributed by atoms with Crippen molar-refractivity contribution in [1.29, 1.82) is 0 Å². The predicted molar refractivity (Wildman–Crippen MR) is 139 cm³/mol. The molecule has 1 heterocycles. The van der Waals surface area contributed by atoms with Gasteiger partial charge >= 0.3 is 5.97 Å². The van der Waals surface area contributed by atoms with Gasteiger partial charge in [-0.1, -0.05) is 44.6 Å². The second-order valence-corrected chi connectivity index (χ2v) is 7.71. The first-order valence-electron chi connectivity index (χ1n) is 11.3. The number of rotatable bonds is 8.